The molecule has 0 aliphatic carbocycles. The van der Waals surface area contributed by atoms with Gasteiger partial charge in [0.2, 0.25) is 11.4 Å². The van der Waals surface area contributed by atoms with Crippen molar-refractivity contribution in [3.63, 3.8) is 0 Å². The molecule has 0 N–H and O–H groups in total. The zero-order valence-electron chi connectivity index (χ0n) is 13.2. The molecule has 2 heterocycles. The van der Waals surface area contributed by atoms with E-state index >= 15 is 0 Å². The first-order chi connectivity index (χ1) is 11.1. The number of fused-ring (bicyclic) bond motifs is 1. The smallest absolute Gasteiger partial charge is 0.342 e. The Kier molecular flexibility index (Phi) is 4.07. The van der Waals surface area contributed by atoms with Crippen LogP contribution >= 0.6 is 0 Å². The third-order valence-electron chi connectivity index (χ3n) is 4.48. The average Bonchev–Trinajstić information content (AvgIpc) is 3.00. The third-order valence-corrected chi connectivity index (χ3v) is 4.48. The average molecular weight is 316 g/mol. The lowest BCUT2D eigenvalue weighted by molar-refractivity contribution is -0.177. The van der Waals surface area contributed by atoms with Gasteiger partial charge in [-0.1, -0.05) is 30.3 Å². The van der Waals surface area contributed by atoms with E-state index in [0.29, 0.717) is 25.9 Å². The Morgan fingerprint density at radius 2 is 2.00 bits per heavy atom. The molecule has 1 aromatic carbocycles. The van der Waals surface area contributed by atoms with Crippen LogP contribution in [-0.2, 0) is 25.7 Å². The van der Waals surface area contributed by atoms with Crippen molar-refractivity contribution in [3.8, 4) is 0 Å². The lowest BCUT2D eigenvalue weighted by Gasteiger charge is -2.43. The first-order valence-corrected chi connectivity index (χ1v) is 7.90. The molecule has 23 heavy (non-hydrogen) atoms. The molecule has 2 amide bonds. The van der Waals surface area contributed by atoms with E-state index in [-0.39, 0.29) is 25.0 Å². The lowest BCUT2D eigenvalue weighted by atomic mass is 9.91. The van der Waals surface area contributed by atoms with Gasteiger partial charge in [-0.15, -0.1) is 0 Å². The predicted molar refractivity (Wildman–Crippen MR) is 82.2 cm³/mol. The lowest BCUT2D eigenvalue weighted by Crippen LogP contribution is -2.69. The maximum Gasteiger partial charge on any atom is 0.342 e. The van der Waals surface area contributed by atoms with Crippen molar-refractivity contribution in [2.24, 2.45) is 0 Å². The Morgan fingerprint density at radius 1 is 1.26 bits per heavy atom. The number of nitrogens with zero attached hydrogens (tertiary/aromatic N) is 2. The van der Waals surface area contributed by atoms with E-state index in [1.807, 2.05) is 30.3 Å². The van der Waals surface area contributed by atoms with Crippen LogP contribution < -0.4 is 0 Å². The molecule has 0 spiro atoms. The van der Waals surface area contributed by atoms with Crippen molar-refractivity contribution in [2.75, 3.05) is 19.7 Å². The van der Waals surface area contributed by atoms with Gasteiger partial charge in [-0.3, -0.25) is 9.59 Å². The number of ether oxygens (including phenoxy) is 1. The second-order valence-corrected chi connectivity index (χ2v) is 5.88. The van der Waals surface area contributed by atoms with Gasteiger partial charge in [-0.2, -0.15) is 0 Å². The molecule has 0 saturated carbocycles. The number of piperazine rings is 1. The van der Waals surface area contributed by atoms with E-state index in [1.165, 1.54) is 9.80 Å². The summed E-state index contributed by atoms with van der Waals surface area (Å²) in [6.45, 7) is 2.65. The van der Waals surface area contributed by atoms with Gasteiger partial charge in [0, 0.05) is 13.1 Å². The number of amides is 2. The molecule has 0 aromatic heterocycles. The Hall–Kier alpha value is -2.37. The molecule has 122 valence electrons. The monoisotopic (exact) mass is 316 g/mol. The number of carbonyl (C=O) groups is 3. The first-order valence-electron chi connectivity index (χ1n) is 7.90. The third kappa shape index (κ3) is 2.48. The van der Waals surface area contributed by atoms with Crippen molar-refractivity contribution in [2.45, 2.75) is 31.8 Å². The van der Waals surface area contributed by atoms with Gasteiger partial charge in [0.15, 0.2) is 0 Å². The Morgan fingerprint density at radius 3 is 2.70 bits per heavy atom. The van der Waals surface area contributed by atoms with Gasteiger partial charge in [0.1, 0.15) is 6.54 Å². The van der Waals surface area contributed by atoms with Crippen molar-refractivity contribution in [1.82, 2.24) is 9.80 Å². The van der Waals surface area contributed by atoms with Gasteiger partial charge < -0.3 is 14.5 Å². The van der Waals surface area contributed by atoms with Crippen LogP contribution in [0, 0.1) is 0 Å². The molecule has 2 saturated heterocycles. The van der Waals surface area contributed by atoms with Crippen molar-refractivity contribution < 1.29 is 19.1 Å². The van der Waals surface area contributed by atoms with Gasteiger partial charge in [-0.05, 0) is 25.3 Å². The summed E-state index contributed by atoms with van der Waals surface area (Å²) in [6.07, 6.45) is 0.969. The second-order valence-electron chi connectivity index (χ2n) is 5.88. The Balaban J connectivity index is 1.91. The van der Waals surface area contributed by atoms with Crippen LogP contribution in [0.3, 0.4) is 0 Å². The van der Waals surface area contributed by atoms with E-state index in [0.717, 1.165) is 5.56 Å². The molecule has 1 aromatic rings. The summed E-state index contributed by atoms with van der Waals surface area (Å²) in [5, 5.41) is 0. The summed E-state index contributed by atoms with van der Waals surface area (Å²) in [4.78, 5) is 40.9. The molecule has 1 unspecified atom stereocenters. The van der Waals surface area contributed by atoms with Gasteiger partial charge >= 0.3 is 5.97 Å². The van der Waals surface area contributed by atoms with Crippen LogP contribution in [0.2, 0.25) is 0 Å². The van der Waals surface area contributed by atoms with E-state index < -0.39 is 11.5 Å². The molecule has 2 aliphatic heterocycles. The van der Waals surface area contributed by atoms with E-state index in [2.05, 4.69) is 0 Å². The molecule has 1 atom stereocenters. The zero-order chi connectivity index (χ0) is 16.4. The van der Waals surface area contributed by atoms with E-state index in [4.69, 9.17) is 4.74 Å². The molecular formula is C17H20N2O4. The fourth-order valence-corrected chi connectivity index (χ4v) is 3.44. The number of hydrogen-bond donors (Lipinski definition) is 0. The van der Waals surface area contributed by atoms with Crippen LogP contribution in [0.15, 0.2) is 30.3 Å². The molecule has 2 aliphatic rings. The highest BCUT2D eigenvalue weighted by Gasteiger charge is 2.61. The fraction of sp³-hybridized carbons (Fsp3) is 0.471. The standard InChI is InChI=1S/C17H20N2O4/c1-2-23-16(22)17-9-6-10-19(17)14(20)12-18(15(17)21)11-13-7-4-3-5-8-13/h3-5,7-8H,2,6,9-12H2,1H3. The van der Waals surface area contributed by atoms with Crippen LogP contribution in [0.1, 0.15) is 25.3 Å². The van der Waals surface area contributed by atoms with Crippen LogP contribution in [0.5, 0.6) is 0 Å². The van der Waals surface area contributed by atoms with E-state index in [9.17, 15) is 14.4 Å². The maximum atomic E-state index is 13.0. The minimum absolute atomic E-state index is 0.00881. The van der Waals surface area contributed by atoms with Gasteiger partial charge in [0.25, 0.3) is 5.91 Å². The van der Waals surface area contributed by atoms with Crippen LogP contribution in [0.25, 0.3) is 0 Å². The Bertz CT molecular complexity index is 631. The first kappa shape index (κ1) is 15.5. The topological polar surface area (TPSA) is 66.9 Å². The number of carbonyl (C=O) groups excluding carboxylic acids is 3. The largest absolute Gasteiger partial charge is 0.464 e. The number of hydrogen-bond acceptors (Lipinski definition) is 4. The molecule has 6 heteroatoms. The van der Waals surface area contributed by atoms with Crippen molar-refractivity contribution in [3.05, 3.63) is 35.9 Å². The summed E-state index contributed by atoms with van der Waals surface area (Å²) in [6, 6.07) is 9.46. The molecule has 6 nitrogen and oxygen atoms in total. The minimum Gasteiger partial charge on any atom is -0.464 e. The normalized spacial score (nSPS) is 23.9. The number of rotatable bonds is 4. The SMILES string of the molecule is CCOC(=O)C12CCCN1C(=O)CN(Cc1ccccc1)C2=O. The molecule has 3 rings (SSSR count). The number of esters is 1. The summed E-state index contributed by atoms with van der Waals surface area (Å²) < 4.78 is 5.12. The highest BCUT2D eigenvalue weighted by molar-refractivity contribution is 6.13. The summed E-state index contributed by atoms with van der Waals surface area (Å²) >= 11 is 0. The zero-order valence-corrected chi connectivity index (χ0v) is 13.2. The van der Waals surface area contributed by atoms with Crippen LogP contribution in [0.4, 0.5) is 0 Å². The Labute approximate surface area is 135 Å². The van der Waals surface area contributed by atoms with Crippen molar-refractivity contribution in [1.29, 1.82) is 0 Å². The van der Waals surface area contributed by atoms with Gasteiger partial charge in [0.05, 0.1) is 6.61 Å². The predicted octanol–water partition coefficient (Wildman–Crippen LogP) is 0.953. The summed E-state index contributed by atoms with van der Waals surface area (Å²) in [5.74, 6) is -1.11. The molecule has 0 bridgehead atoms. The summed E-state index contributed by atoms with van der Waals surface area (Å²) in [5.41, 5.74) is -0.528. The van der Waals surface area contributed by atoms with Gasteiger partial charge in [-0.25, -0.2) is 4.79 Å². The van der Waals surface area contributed by atoms with E-state index in [1.54, 1.807) is 6.92 Å². The number of benzene rings is 1. The fourth-order valence-electron chi connectivity index (χ4n) is 3.44. The molecule has 0 radical (unpaired) electrons. The van der Waals surface area contributed by atoms with Crippen molar-refractivity contribution >= 4 is 17.8 Å². The second kappa shape index (κ2) is 6.02. The minimum atomic E-state index is -1.46. The molecular weight excluding hydrogens is 296 g/mol. The maximum absolute atomic E-state index is 13.0. The summed E-state index contributed by atoms with van der Waals surface area (Å²) in [7, 11) is 0. The molecule has 2 fully saturated rings. The quantitative estimate of drug-likeness (QED) is 0.613. The van der Waals surface area contributed by atoms with Crippen LogP contribution in [-0.4, -0.2) is 52.8 Å². The highest BCUT2D eigenvalue weighted by atomic mass is 16.5. The highest BCUT2D eigenvalue weighted by Crippen LogP contribution is 2.36.